The van der Waals surface area contributed by atoms with Gasteiger partial charge in [0, 0.05) is 15.7 Å². The highest BCUT2D eigenvalue weighted by atomic mass is 32.2. The van der Waals surface area contributed by atoms with E-state index in [-0.39, 0.29) is 5.25 Å². The molecule has 1 heterocycles. The van der Waals surface area contributed by atoms with Gasteiger partial charge < -0.3 is 0 Å². The van der Waals surface area contributed by atoms with Crippen LogP contribution >= 0.6 is 11.3 Å². The van der Waals surface area contributed by atoms with Crippen molar-refractivity contribution in [2.24, 2.45) is 0 Å². The highest BCUT2D eigenvalue weighted by Gasteiger charge is 2.22. The standard InChI is InChI=1S/C19H19NOS2/c1-14-18(20-15(2)22-14)13-23(21)19(16-9-5-3-6-10-16)17-11-7-4-8-12-17/h3-12,19H,13H2,1-2H3. The Hall–Kier alpha value is -1.78. The van der Waals surface area contributed by atoms with Crippen LogP contribution in [0.1, 0.15) is 32.0 Å². The Morgan fingerprint density at radius 1 is 0.957 bits per heavy atom. The summed E-state index contributed by atoms with van der Waals surface area (Å²) in [5.41, 5.74) is 3.13. The first-order chi connectivity index (χ1) is 11.1. The fraction of sp³-hybridized carbons (Fsp3) is 0.211. The van der Waals surface area contributed by atoms with Crippen LogP contribution in [0.25, 0.3) is 0 Å². The summed E-state index contributed by atoms with van der Waals surface area (Å²) >= 11 is 1.67. The number of aromatic nitrogens is 1. The van der Waals surface area contributed by atoms with E-state index in [1.54, 1.807) is 11.3 Å². The molecule has 1 atom stereocenters. The van der Waals surface area contributed by atoms with Crippen LogP contribution in [0.15, 0.2) is 60.7 Å². The molecule has 2 nitrogen and oxygen atoms in total. The van der Waals surface area contributed by atoms with Crippen LogP contribution in [-0.4, -0.2) is 9.19 Å². The molecule has 1 aromatic heterocycles. The molecule has 2 aromatic carbocycles. The van der Waals surface area contributed by atoms with Gasteiger partial charge >= 0.3 is 0 Å². The van der Waals surface area contributed by atoms with Crippen LogP contribution in [0.2, 0.25) is 0 Å². The predicted octanol–water partition coefficient (Wildman–Crippen LogP) is 4.80. The number of hydrogen-bond acceptors (Lipinski definition) is 3. The molecule has 118 valence electrons. The average Bonchev–Trinajstić information content (AvgIpc) is 2.87. The molecule has 3 aromatic rings. The van der Waals surface area contributed by atoms with E-state index >= 15 is 0 Å². The third-order valence-corrected chi connectivity index (χ3v) is 6.30. The van der Waals surface area contributed by atoms with E-state index in [2.05, 4.69) is 36.2 Å². The molecule has 0 amide bonds. The van der Waals surface area contributed by atoms with Crippen molar-refractivity contribution in [3.05, 3.63) is 87.4 Å². The lowest BCUT2D eigenvalue weighted by Crippen LogP contribution is -2.11. The van der Waals surface area contributed by atoms with Gasteiger partial charge in [0.2, 0.25) is 0 Å². The van der Waals surface area contributed by atoms with Gasteiger partial charge in [-0.2, -0.15) is 0 Å². The van der Waals surface area contributed by atoms with E-state index in [1.165, 1.54) is 0 Å². The summed E-state index contributed by atoms with van der Waals surface area (Å²) in [5, 5.41) is 0.907. The molecule has 0 bridgehead atoms. The maximum Gasteiger partial charge on any atom is 0.0900 e. The summed E-state index contributed by atoms with van der Waals surface area (Å²) < 4.78 is 13.2. The second-order valence-corrected chi connectivity index (χ2v) is 8.39. The van der Waals surface area contributed by atoms with E-state index in [0.29, 0.717) is 5.75 Å². The molecule has 1 unspecified atom stereocenters. The molecule has 0 radical (unpaired) electrons. The number of rotatable bonds is 5. The summed E-state index contributed by atoms with van der Waals surface area (Å²) in [5.74, 6) is 0.491. The Bertz CT molecular complexity index is 757. The Kier molecular flexibility index (Phi) is 5.03. The first kappa shape index (κ1) is 16.1. The molecule has 3 rings (SSSR count). The second-order valence-electron chi connectivity index (χ2n) is 5.46. The molecule has 23 heavy (non-hydrogen) atoms. The van der Waals surface area contributed by atoms with Crippen LogP contribution < -0.4 is 0 Å². The summed E-state index contributed by atoms with van der Waals surface area (Å²) in [4.78, 5) is 5.71. The average molecular weight is 342 g/mol. The molecular weight excluding hydrogens is 322 g/mol. The maximum absolute atomic E-state index is 13.2. The molecule has 0 fully saturated rings. The van der Waals surface area contributed by atoms with Gasteiger partial charge in [0.1, 0.15) is 0 Å². The summed E-state index contributed by atoms with van der Waals surface area (Å²) in [6.45, 7) is 4.05. The van der Waals surface area contributed by atoms with Gasteiger partial charge in [-0.25, -0.2) is 4.98 Å². The van der Waals surface area contributed by atoms with Gasteiger partial charge in [0.05, 0.1) is 21.7 Å². The predicted molar refractivity (Wildman–Crippen MR) is 98.2 cm³/mol. The number of hydrogen-bond donors (Lipinski definition) is 0. The zero-order chi connectivity index (χ0) is 16.2. The fourth-order valence-electron chi connectivity index (χ4n) is 2.68. The molecule has 4 heteroatoms. The number of nitrogens with zero attached hydrogens (tertiary/aromatic N) is 1. The van der Waals surface area contributed by atoms with Crippen LogP contribution in [-0.2, 0) is 16.6 Å². The topological polar surface area (TPSA) is 30.0 Å². The third kappa shape index (κ3) is 3.77. The molecule has 0 aliphatic carbocycles. The summed E-state index contributed by atoms with van der Waals surface area (Å²) in [6, 6.07) is 20.2. The lowest BCUT2D eigenvalue weighted by Gasteiger charge is -2.17. The third-order valence-electron chi connectivity index (χ3n) is 3.75. The molecule has 0 N–H and O–H groups in total. The monoisotopic (exact) mass is 341 g/mol. The van der Waals surface area contributed by atoms with Crippen LogP contribution in [0, 0.1) is 13.8 Å². The smallest absolute Gasteiger partial charge is 0.0900 e. The van der Waals surface area contributed by atoms with Crippen molar-refractivity contribution < 1.29 is 4.21 Å². The normalized spacial score (nSPS) is 12.5. The van der Waals surface area contributed by atoms with Crippen molar-refractivity contribution in [2.45, 2.75) is 24.9 Å². The summed E-state index contributed by atoms with van der Waals surface area (Å²) in [6.07, 6.45) is 0. The Labute approximate surface area is 143 Å². The van der Waals surface area contributed by atoms with Crippen molar-refractivity contribution in [2.75, 3.05) is 0 Å². The van der Waals surface area contributed by atoms with Crippen molar-refractivity contribution in [1.82, 2.24) is 4.98 Å². The first-order valence-electron chi connectivity index (χ1n) is 7.55. The molecule has 0 aliphatic rings. The number of aryl methyl sites for hydroxylation is 2. The zero-order valence-corrected chi connectivity index (χ0v) is 14.9. The maximum atomic E-state index is 13.2. The van der Waals surface area contributed by atoms with Gasteiger partial charge in [-0.15, -0.1) is 11.3 Å². The second kappa shape index (κ2) is 7.20. The zero-order valence-electron chi connectivity index (χ0n) is 13.2. The van der Waals surface area contributed by atoms with Gasteiger partial charge in [0.25, 0.3) is 0 Å². The molecule has 0 saturated carbocycles. The van der Waals surface area contributed by atoms with Gasteiger partial charge in [-0.1, -0.05) is 60.7 Å². The van der Waals surface area contributed by atoms with Gasteiger partial charge in [-0.3, -0.25) is 4.21 Å². The van der Waals surface area contributed by atoms with E-state index in [0.717, 1.165) is 26.7 Å². The van der Waals surface area contributed by atoms with Gasteiger partial charge in [-0.05, 0) is 25.0 Å². The van der Waals surface area contributed by atoms with Gasteiger partial charge in [0.15, 0.2) is 0 Å². The minimum absolute atomic E-state index is 0.126. The SMILES string of the molecule is Cc1nc(CS(=O)C(c2ccccc2)c2ccccc2)c(C)s1. The lowest BCUT2D eigenvalue weighted by molar-refractivity contribution is 0.677. The summed E-state index contributed by atoms with van der Waals surface area (Å²) in [7, 11) is -1.06. The van der Waals surface area contributed by atoms with Crippen LogP contribution in [0.5, 0.6) is 0 Å². The lowest BCUT2D eigenvalue weighted by atomic mass is 10.0. The first-order valence-corrected chi connectivity index (χ1v) is 9.75. The Morgan fingerprint density at radius 3 is 1.91 bits per heavy atom. The quantitative estimate of drug-likeness (QED) is 0.667. The van der Waals surface area contributed by atoms with E-state index < -0.39 is 10.8 Å². The van der Waals surface area contributed by atoms with Crippen molar-refractivity contribution in [3.8, 4) is 0 Å². The number of benzene rings is 2. The van der Waals surface area contributed by atoms with E-state index in [1.807, 2.05) is 43.3 Å². The minimum Gasteiger partial charge on any atom is -0.258 e. The molecule has 0 aliphatic heterocycles. The molecule has 0 saturated heterocycles. The highest BCUT2D eigenvalue weighted by Crippen LogP contribution is 2.30. The van der Waals surface area contributed by atoms with Crippen molar-refractivity contribution in [3.63, 3.8) is 0 Å². The minimum atomic E-state index is -1.06. The number of thiazole rings is 1. The highest BCUT2D eigenvalue weighted by molar-refractivity contribution is 7.84. The fourth-order valence-corrected chi connectivity index (χ4v) is 5.24. The Balaban J connectivity index is 1.95. The molecular formula is C19H19NOS2. The molecule has 0 spiro atoms. The largest absolute Gasteiger partial charge is 0.258 e. The van der Waals surface area contributed by atoms with Crippen LogP contribution in [0.3, 0.4) is 0 Å². The van der Waals surface area contributed by atoms with Crippen molar-refractivity contribution in [1.29, 1.82) is 0 Å². The van der Waals surface area contributed by atoms with E-state index in [4.69, 9.17) is 0 Å². The van der Waals surface area contributed by atoms with Crippen molar-refractivity contribution >= 4 is 22.1 Å². The van der Waals surface area contributed by atoms with E-state index in [9.17, 15) is 4.21 Å². The van der Waals surface area contributed by atoms with Crippen LogP contribution in [0.4, 0.5) is 0 Å². The Morgan fingerprint density at radius 2 is 1.48 bits per heavy atom.